The predicted octanol–water partition coefficient (Wildman–Crippen LogP) is 3.88. The number of thioether (sulfide) groups is 1. The monoisotopic (exact) mass is 428 g/mol. The number of hydrazone groups is 1. The van der Waals surface area contributed by atoms with Crippen molar-refractivity contribution >= 4 is 23.9 Å². The number of nitrogens with zero attached hydrogens (tertiary/aromatic N) is 5. The zero-order valence-electron chi connectivity index (χ0n) is 16.8. The van der Waals surface area contributed by atoms with E-state index in [1.54, 1.807) is 18.6 Å². The molecule has 0 saturated heterocycles. The minimum Gasteiger partial charge on any atom is -0.272 e. The van der Waals surface area contributed by atoms with Gasteiger partial charge in [0.1, 0.15) is 0 Å². The number of hydrogen-bond acceptors (Lipinski definition) is 6. The van der Waals surface area contributed by atoms with Crippen molar-refractivity contribution in [3.63, 3.8) is 0 Å². The standard InChI is InChI=1S/C23H20N6OS/c1-17-7-9-20(10-8-17)29-22(19-11-13-24-14-12-19)27-28-23(29)31-16-21(30)26-25-15-18-5-3-2-4-6-18/h2-15H,16H2,1H3,(H,26,30). The average molecular weight is 429 g/mol. The van der Waals surface area contributed by atoms with E-state index in [4.69, 9.17) is 0 Å². The van der Waals surface area contributed by atoms with E-state index >= 15 is 0 Å². The normalized spacial score (nSPS) is 11.0. The summed E-state index contributed by atoms with van der Waals surface area (Å²) < 4.78 is 1.94. The average Bonchev–Trinajstić information content (AvgIpc) is 3.23. The van der Waals surface area contributed by atoms with Gasteiger partial charge in [-0.3, -0.25) is 14.3 Å². The molecular formula is C23H20N6OS. The van der Waals surface area contributed by atoms with Crippen LogP contribution in [-0.4, -0.2) is 37.6 Å². The smallest absolute Gasteiger partial charge is 0.250 e. The van der Waals surface area contributed by atoms with Crippen molar-refractivity contribution in [2.75, 3.05) is 5.75 Å². The number of pyridine rings is 1. The van der Waals surface area contributed by atoms with Crippen LogP contribution in [0.15, 0.2) is 89.4 Å². The molecule has 0 bridgehead atoms. The van der Waals surface area contributed by atoms with Crippen molar-refractivity contribution in [1.29, 1.82) is 0 Å². The third-order valence-corrected chi connectivity index (χ3v) is 5.33. The lowest BCUT2D eigenvalue weighted by Gasteiger charge is -2.10. The van der Waals surface area contributed by atoms with E-state index in [0.29, 0.717) is 11.0 Å². The van der Waals surface area contributed by atoms with Crippen molar-refractivity contribution in [2.45, 2.75) is 12.1 Å². The van der Waals surface area contributed by atoms with Gasteiger partial charge < -0.3 is 0 Å². The Bertz CT molecular complexity index is 1170. The minimum absolute atomic E-state index is 0.159. The van der Waals surface area contributed by atoms with Crippen LogP contribution in [0.3, 0.4) is 0 Å². The van der Waals surface area contributed by atoms with E-state index in [-0.39, 0.29) is 11.7 Å². The second-order valence-corrected chi connectivity index (χ2v) is 7.65. The van der Waals surface area contributed by atoms with Crippen LogP contribution in [0.4, 0.5) is 0 Å². The third-order valence-electron chi connectivity index (χ3n) is 4.40. The Balaban J connectivity index is 1.51. The highest BCUT2D eigenvalue weighted by Crippen LogP contribution is 2.27. The van der Waals surface area contributed by atoms with E-state index in [0.717, 1.165) is 22.4 Å². The van der Waals surface area contributed by atoms with Gasteiger partial charge in [0.15, 0.2) is 11.0 Å². The summed E-state index contributed by atoms with van der Waals surface area (Å²) in [6.45, 7) is 2.04. The minimum atomic E-state index is -0.221. The summed E-state index contributed by atoms with van der Waals surface area (Å²) in [7, 11) is 0. The van der Waals surface area contributed by atoms with E-state index < -0.39 is 0 Å². The van der Waals surface area contributed by atoms with Gasteiger partial charge in [0.05, 0.1) is 12.0 Å². The van der Waals surface area contributed by atoms with Gasteiger partial charge in [-0.15, -0.1) is 10.2 Å². The lowest BCUT2D eigenvalue weighted by molar-refractivity contribution is -0.118. The summed E-state index contributed by atoms with van der Waals surface area (Å²) in [5.74, 6) is 0.629. The lowest BCUT2D eigenvalue weighted by atomic mass is 10.2. The first-order chi connectivity index (χ1) is 15.2. The first-order valence-corrected chi connectivity index (χ1v) is 10.6. The first kappa shape index (κ1) is 20.5. The number of benzene rings is 2. The molecule has 154 valence electrons. The molecule has 0 aliphatic heterocycles. The number of hydrogen-bond donors (Lipinski definition) is 1. The van der Waals surface area contributed by atoms with Crippen molar-refractivity contribution in [3.8, 4) is 17.1 Å². The van der Waals surface area contributed by atoms with Crippen LogP contribution < -0.4 is 5.43 Å². The molecule has 0 aliphatic carbocycles. The summed E-state index contributed by atoms with van der Waals surface area (Å²) in [5, 5.41) is 13.3. The van der Waals surface area contributed by atoms with Gasteiger partial charge >= 0.3 is 0 Å². The highest BCUT2D eigenvalue weighted by atomic mass is 32.2. The van der Waals surface area contributed by atoms with E-state index in [1.807, 2.05) is 78.2 Å². The zero-order chi connectivity index (χ0) is 21.5. The summed E-state index contributed by atoms with van der Waals surface area (Å²) in [5.41, 5.74) is 6.44. The Morgan fingerprint density at radius 1 is 1.03 bits per heavy atom. The fourth-order valence-electron chi connectivity index (χ4n) is 2.86. The van der Waals surface area contributed by atoms with Crippen molar-refractivity contribution in [1.82, 2.24) is 25.2 Å². The second kappa shape index (κ2) is 9.82. The van der Waals surface area contributed by atoms with Gasteiger partial charge in [0, 0.05) is 23.6 Å². The quantitative estimate of drug-likeness (QED) is 0.274. The van der Waals surface area contributed by atoms with E-state index in [9.17, 15) is 4.79 Å². The number of nitrogens with one attached hydrogen (secondary N) is 1. The Hall–Kier alpha value is -3.78. The van der Waals surface area contributed by atoms with Gasteiger partial charge in [-0.25, -0.2) is 5.43 Å². The molecule has 8 heteroatoms. The fourth-order valence-corrected chi connectivity index (χ4v) is 3.60. The maximum Gasteiger partial charge on any atom is 0.250 e. The maximum absolute atomic E-state index is 12.3. The molecule has 2 heterocycles. The number of aryl methyl sites for hydroxylation is 1. The van der Waals surface area contributed by atoms with Crippen LogP contribution in [0, 0.1) is 6.92 Å². The second-order valence-electron chi connectivity index (χ2n) is 6.71. The van der Waals surface area contributed by atoms with Crippen molar-refractivity contribution in [2.24, 2.45) is 5.10 Å². The van der Waals surface area contributed by atoms with Crippen molar-refractivity contribution < 1.29 is 4.79 Å². The molecule has 0 unspecified atom stereocenters. The Kier molecular flexibility index (Phi) is 6.49. The summed E-state index contributed by atoms with van der Waals surface area (Å²) in [6, 6.07) is 21.4. The predicted molar refractivity (Wildman–Crippen MR) is 122 cm³/mol. The van der Waals surface area contributed by atoms with Crippen LogP contribution in [0.5, 0.6) is 0 Å². The van der Waals surface area contributed by atoms with Crippen LogP contribution in [0.1, 0.15) is 11.1 Å². The van der Waals surface area contributed by atoms with Gasteiger partial charge in [0.2, 0.25) is 0 Å². The molecule has 2 aromatic carbocycles. The molecule has 0 aliphatic rings. The molecule has 0 atom stereocenters. The summed E-state index contributed by atoms with van der Waals surface area (Å²) in [6.07, 6.45) is 5.04. The summed E-state index contributed by atoms with van der Waals surface area (Å²) in [4.78, 5) is 16.3. The van der Waals surface area contributed by atoms with E-state index in [1.165, 1.54) is 11.8 Å². The largest absolute Gasteiger partial charge is 0.272 e. The highest BCUT2D eigenvalue weighted by Gasteiger charge is 2.17. The fraction of sp³-hybridized carbons (Fsp3) is 0.0870. The molecule has 1 N–H and O–H groups in total. The zero-order valence-corrected chi connectivity index (χ0v) is 17.7. The SMILES string of the molecule is Cc1ccc(-n2c(SCC(=O)NN=Cc3ccccc3)nnc2-c2ccncc2)cc1. The van der Waals surface area contributed by atoms with Crippen LogP contribution in [0.2, 0.25) is 0 Å². The Labute approximate surface area is 184 Å². The molecule has 0 spiro atoms. The molecule has 2 aromatic heterocycles. The molecule has 1 amide bonds. The Morgan fingerprint density at radius 2 is 1.77 bits per heavy atom. The molecule has 0 saturated carbocycles. The topological polar surface area (TPSA) is 85.1 Å². The highest BCUT2D eigenvalue weighted by molar-refractivity contribution is 7.99. The summed E-state index contributed by atoms with van der Waals surface area (Å²) >= 11 is 1.30. The molecule has 0 radical (unpaired) electrons. The third kappa shape index (κ3) is 5.23. The van der Waals surface area contributed by atoms with Gasteiger partial charge in [-0.1, -0.05) is 59.8 Å². The van der Waals surface area contributed by atoms with Gasteiger partial charge in [0.25, 0.3) is 5.91 Å². The molecule has 4 rings (SSSR count). The van der Waals surface area contributed by atoms with Crippen LogP contribution in [0.25, 0.3) is 17.1 Å². The number of carbonyl (C=O) groups excluding carboxylic acids is 1. The van der Waals surface area contributed by atoms with Gasteiger partial charge in [-0.2, -0.15) is 5.10 Å². The van der Waals surface area contributed by atoms with Crippen LogP contribution in [-0.2, 0) is 4.79 Å². The van der Waals surface area contributed by atoms with E-state index in [2.05, 4.69) is 25.7 Å². The lowest BCUT2D eigenvalue weighted by Crippen LogP contribution is -2.20. The number of rotatable bonds is 7. The molecule has 31 heavy (non-hydrogen) atoms. The molecule has 4 aromatic rings. The molecular weight excluding hydrogens is 408 g/mol. The number of aromatic nitrogens is 4. The number of amides is 1. The Morgan fingerprint density at radius 3 is 2.52 bits per heavy atom. The van der Waals surface area contributed by atoms with Gasteiger partial charge in [-0.05, 0) is 36.8 Å². The number of carbonyl (C=O) groups is 1. The van der Waals surface area contributed by atoms with Crippen molar-refractivity contribution in [3.05, 3.63) is 90.3 Å². The first-order valence-electron chi connectivity index (χ1n) is 9.63. The molecule has 0 fully saturated rings. The van der Waals surface area contributed by atoms with Crippen LogP contribution >= 0.6 is 11.8 Å². The maximum atomic E-state index is 12.3. The molecule has 7 nitrogen and oxygen atoms in total.